The number of carbonyl (C=O) groups excluding carboxylic acids is 1. The third-order valence-corrected chi connectivity index (χ3v) is 4.41. The van der Waals surface area contributed by atoms with Crippen LogP contribution in [-0.2, 0) is 11.8 Å². The number of ether oxygens (including phenoxy) is 1. The molecule has 1 N–H and O–H groups in total. The first kappa shape index (κ1) is 17.7. The molecule has 0 saturated carbocycles. The van der Waals surface area contributed by atoms with Gasteiger partial charge in [0, 0.05) is 24.4 Å². The zero-order valence-electron chi connectivity index (χ0n) is 15.6. The fourth-order valence-electron chi connectivity index (χ4n) is 3.16. The summed E-state index contributed by atoms with van der Waals surface area (Å²) in [6.07, 6.45) is 5.09. The summed E-state index contributed by atoms with van der Waals surface area (Å²) in [5.41, 5.74) is 3.20. The molecular formula is C21H19N5O2. The van der Waals surface area contributed by atoms with Gasteiger partial charge in [-0.25, -0.2) is 0 Å². The lowest BCUT2D eigenvalue weighted by atomic mass is 9.98. The van der Waals surface area contributed by atoms with Gasteiger partial charge in [-0.15, -0.1) is 0 Å². The van der Waals surface area contributed by atoms with Crippen LogP contribution in [0, 0.1) is 6.92 Å². The number of amides is 1. The molecule has 4 aromatic rings. The standard InChI is InChI=1S/C21H19N5O2/c1-14-18(12-26(2)25-14)24-20(27)13-28-19-8-7-15-5-3-4-6-17(15)21(19)16-9-10-22-23-11-16/h3-12H,13H2,1-2H3,(H,24,27). The number of fused-ring (bicyclic) bond motifs is 1. The van der Waals surface area contributed by atoms with E-state index < -0.39 is 0 Å². The van der Waals surface area contributed by atoms with Gasteiger partial charge in [0.15, 0.2) is 6.61 Å². The monoisotopic (exact) mass is 373 g/mol. The number of aryl methyl sites for hydroxylation is 2. The Bertz CT molecular complexity index is 1140. The minimum Gasteiger partial charge on any atom is -0.483 e. The number of aromatic nitrogens is 4. The van der Waals surface area contributed by atoms with Crippen LogP contribution in [0.25, 0.3) is 21.9 Å². The summed E-state index contributed by atoms with van der Waals surface area (Å²) in [5, 5.41) is 17.0. The molecule has 0 saturated heterocycles. The second kappa shape index (κ2) is 7.48. The van der Waals surface area contributed by atoms with E-state index in [4.69, 9.17) is 4.74 Å². The van der Waals surface area contributed by atoms with Crippen molar-refractivity contribution >= 4 is 22.4 Å². The predicted octanol–water partition coefficient (Wildman–Crippen LogP) is 3.36. The summed E-state index contributed by atoms with van der Waals surface area (Å²) >= 11 is 0. The van der Waals surface area contributed by atoms with Crippen LogP contribution in [0.4, 0.5) is 5.69 Å². The molecule has 2 aromatic carbocycles. The quantitative estimate of drug-likeness (QED) is 0.580. The molecule has 0 fully saturated rings. The molecule has 0 atom stereocenters. The number of rotatable bonds is 5. The van der Waals surface area contributed by atoms with Gasteiger partial charge in [-0.2, -0.15) is 15.3 Å². The van der Waals surface area contributed by atoms with E-state index in [9.17, 15) is 4.79 Å². The fraction of sp³-hybridized carbons (Fsp3) is 0.143. The molecule has 1 amide bonds. The number of benzene rings is 2. The van der Waals surface area contributed by atoms with Crippen molar-refractivity contribution in [2.45, 2.75) is 6.92 Å². The van der Waals surface area contributed by atoms with Gasteiger partial charge >= 0.3 is 0 Å². The molecule has 0 radical (unpaired) electrons. The molecule has 0 aliphatic heterocycles. The van der Waals surface area contributed by atoms with Crippen LogP contribution >= 0.6 is 0 Å². The molecule has 140 valence electrons. The highest BCUT2D eigenvalue weighted by molar-refractivity contribution is 6.00. The Kier molecular flexibility index (Phi) is 4.72. The zero-order valence-corrected chi connectivity index (χ0v) is 15.6. The molecule has 2 heterocycles. The average molecular weight is 373 g/mol. The normalized spacial score (nSPS) is 10.8. The SMILES string of the molecule is Cc1nn(C)cc1NC(=O)COc1ccc2ccccc2c1-c1ccnnc1. The van der Waals surface area contributed by atoms with Gasteiger partial charge in [0.1, 0.15) is 5.75 Å². The van der Waals surface area contributed by atoms with Crippen molar-refractivity contribution in [2.24, 2.45) is 7.05 Å². The third-order valence-electron chi connectivity index (χ3n) is 4.41. The summed E-state index contributed by atoms with van der Waals surface area (Å²) in [6, 6.07) is 13.8. The van der Waals surface area contributed by atoms with Crippen molar-refractivity contribution in [3.05, 3.63) is 66.7 Å². The van der Waals surface area contributed by atoms with Crippen LogP contribution < -0.4 is 10.1 Å². The number of hydrogen-bond donors (Lipinski definition) is 1. The van der Waals surface area contributed by atoms with E-state index in [-0.39, 0.29) is 12.5 Å². The predicted molar refractivity (Wildman–Crippen MR) is 107 cm³/mol. The van der Waals surface area contributed by atoms with Crippen LogP contribution in [0.3, 0.4) is 0 Å². The largest absolute Gasteiger partial charge is 0.483 e. The first-order chi connectivity index (χ1) is 13.6. The molecule has 0 aliphatic rings. The van der Waals surface area contributed by atoms with Crippen molar-refractivity contribution in [2.75, 3.05) is 11.9 Å². The minimum absolute atomic E-state index is 0.113. The highest BCUT2D eigenvalue weighted by atomic mass is 16.5. The Morgan fingerprint density at radius 3 is 2.75 bits per heavy atom. The Morgan fingerprint density at radius 2 is 2.00 bits per heavy atom. The highest BCUT2D eigenvalue weighted by Gasteiger charge is 2.14. The van der Waals surface area contributed by atoms with Gasteiger partial charge in [-0.1, -0.05) is 30.3 Å². The second-order valence-electron chi connectivity index (χ2n) is 6.43. The lowest BCUT2D eigenvalue weighted by Crippen LogP contribution is -2.20. The summed E-state index contributed by atoms with van der Waals surface area (Å²) in [5.74, 6) is 0.368. The van der Waals surface area contributed by atoms with E-state index in [1.165, 1.54) is 0 Å². The van der Waals surface area contributed by atoms with E-state index in [0.717, 1.165) is 27.6 Å². The number of carbonyl (C=O) groups is 1. The van der Waals surface area contributed by atoms with Gasteiger partial charge in [-0.3, -0.25) is 9.48 Å². The van der Waals surface area contributed by atoms with Crippen LogP contribution in [0.5, 0.6) is 5.75 Å². The molecule has 0 aliphatic carbocycles. The van der Waals surface area contributed by atoms with Crippen LogP contribution in [0.15, 0.2) is 61.1 Å². The highest BCUT2D eigenvalue weighted by Crippen LogP contribution is 2.36. The first-order valence-electron chi connectivity index (χ1n) is 8.83. The van der Waals surface area contributed by atoms with Crippen molar-refractivity contribution in [3.63, 3.8) is 0 Å². The van der Waals surface area contributed by atoms with Crippen molar-refractivity contribution < 1.29 is 9.53 Å². The second-order valence-corrected chi connectivity index (χ2v) is 6.43. The molecule has 7 heteroatoms. The van der Waals surface area contributed by atoms with Gasteiger partial charge in [-0.05, 0) is 29.8 Å². The summed E-state index contributed by atoms with van der Waals surface area (Å²) < 4.78 is 7.55. The first-order valence-corrected chi connectivity index (χ1v) is 8.83. The molecule has 0 unspecified atom stereocenters. The molecular weight excluding hydrogens is 354 g/mol. The topological polar surface area (TPSA) is 81.9 Å². The molecule has 28 heavy (non-hydrogen) atoms. The summed E-state index contributed by atoms with van der Waals surface area (Å²) in [4.78, 5) is 12.4. The number of nitrogens with zero attached hydrogens (tertiary/aromatic N) is 4. The maximum absolute atomic E-state index is 12.4. The molecule has 7 nitrogen and oxygen atoms in total. The molecule has 0 spiro atoms. The summed E-state index contributed by atoms with van der Waals surface area (Å²) in [6.45, 7) is 1.73. The van der Waals surface area contributed by atoms with Gasteiger partial charge in [0.2, 0.25) is 0 Å². The Balaban J connectivity index is 1.62. The van der Waals surface area contributed by atoms with Crippen LogP contribution in [-0.4, -0.2) is 32.5 Å². The van der Waals surface area contributed by atoms with Crippen LogP contribution in [0.2, 0.25) is 0 Å². The molecule has 0 bridgehead atoms. The maximum Gasteiger partial charge on any atom is 0.262 e. The Morgan fingerprint density at radius 1 is 1.14 bits per heavy atom. The molecule has 4 rings (SSSR count). The zero-order chi connectivity index (χ0) is 19.5. The number of nitrogens with one attached hydrogen (secondary N) is 1. The smallest absolute Gasteiger partial charge is 0.262 e. The third kappa shape index (κ3) is 3.55. The van der Waals surface area contributed by atoms with E-state index in [1.807, 2.05) is 56.4 Å². The van der Waals surface area contributed by atoms with Gasteiger partial charge < -0.3 is 10.1 Å². The Hall–Kier alpha value is -3.74. The number of anilines is 1. The van der Waals surface area contributed by atoms with Crippen molar-refractivity contribution in [1.29, 1.82) is 0 Å². The summed E-state index contributed by atoms with van der Waals surface area (Å²) in [7, 11) is 1.81. The minimum atomic E-state index is -0.247. The Labute approximate surface area is 162 Å². The lowest BCUT2D eigenvalue weighted by molar-refractivity contribution is -0.118. The lowest BCUT2D eigenvalue weighted by Gasteiger charge is -2.14. The van der Waals surface area contributed by atoms with E-state index >= 15 is 0 Å². The van der Waals surface area contributed by atoms with Gasteiger partial charge in [0.25, 0.3) is 5.91 Å². The maximum atomic E-state index is 12.4. The van der Waals surface area contributed by atoms with E-state index in [2.05, 4.69) is 20.6 Å². The fourth-order valence-corrected chi connectivity index (χ4v) is 3.16. The average Bonchev–Trinajstić information content (AvgIpc) is 3.03. The van der Waals surface area contributed by atoms with Crippen molar-refractivity contribution in [3.8, 4) is 16.9 Å². The van der Waals surface area contributed by atoms with Crippen LogP contribution in [0.1, 0.15) is 5.69 Å². The van der Waals surface area contributed by atoms with E-state index in [1.54, 1.807) is 23.3 Å². The molecule has 2 aromatic heterocycles. The van der Waals surface area contributed by atoms with Crippen molar-refractivity contribution in [1.82, 2.24) is 20.0 Å². The number of hydrogen-bond acceptors (Lipinski definition) is 5. The van der Waals surface area contributed by atoms with Gasteiger partial charge in [0.05, 0.1) is 23.8 Å². The van der Waals surface area contributed by atoms with E-state index in [0.29, 0.717) is 11.4 Å².